The second-order valence-corrected chi connectivity index (χ2v) is 10.5. The summed E-state index contributed by atoms with van der Waals surface area (Å²) in [5, 5.41) is 7.84. The van der Waals surface area contributed by atoms with Crippen LogP contribution >= 0.6 is 0 Å². The van der Waals surface area contributed by atoms with Crippen molar-refractivity contribution in [3.63, 3.8) is 0 Å². The molecule has 0 aliphatic heterocycles. The molecule has 0 fully saturated rings. The lowest BCUT2D eigenvalue weighted by molar-refractivity contribution is 0.602. The largest absolute Gasteiger partial charge is 0.362 e. The average Bonchev–Trinajstić information content (AvgIpc) is 2.87. The van der Waals surface area contributed by atoms with E-state index in [0.29, 0.717) is 17.5 Å². The molecule has 9 heteroatoms. The van der Waals surface area contributed by atoms with Gasteiger partial charge in [-0.3, -0.25) is 5.43 Å². The Morgan fingerprint density at radius 2 is 1.47 bits per heavy atom. The summed E-state index contributed by atoms with van der Waals surface area (Å²) >= 11 is 0. The summed E-state index contributed by atoms with van der Waals surface area (Å²) in [6.07, 6.45) is 1.19. The van der Waals surface area contributed by atoms with E-state index in [1.54, 1.807) is 24.3 Å². The fourth-order valence-electron chi connectivity index (χ4n) is 3.58. The van der Waals surface area contributed by atoms with Crippen LogP contribution in [0.4, 0.5) is 23.3 Å². The molecular formula is C27H28N6O2S. The molecule has 2 N–H and O–H groups in total. The van der Waals surface area contributed by atoms with Crippen molar-refractivity contribution in [1.29, 1.82) is 0 Å². The summed E-state index contributed by atoms with van der Waals surface area (Å²) in [6, 6.07) is 26.2. The number of para-hydroxylation sites is 1. The number of rotatable bonds is 8. The van der Waals surface area contributed by atoms with Gasteiger partial charge in [0.15, 0.2) is 15.7 Å². The highest BCUT2D eigenvalue weighted by atomic mass is 32.2. The molecule has 1 aromatic heterocycles. The van der Waals surface area contributed by atoms with Crippen molar-refractivity contribution >= 4 is 38.8 Å². The first-order chi connectivity index (χ1) is 17.2. The van der Waals surface area contributed by atoms with Crippen LogP contribution in [-0.4, -0.2) is 44.4 Å². The molecule has 0 saturated heterocycles. The lowest BCUT2D eigenvalue weighted by Gasteiger charge is -2.20. The van der Waals surface area contributed by atoms with Crippen molar-refractivity contribution in [2.45, 2.75) is 11.8 Å². The number of hydrazone groups is 1. The minimum atomic E-state index is -3.26. The summed E-state index contributed by atoms with van der Waals surface area (Å²) in [7, 11) is 0.602. The molecule has 0 saturated carbocycles. The molecule has 4 rings (SSSR count). The molecule has 0 spiro atoms. The van der Waals surface area contributed by atoms with Crippen molar-refractivity contribution in [1.82, 2.24) is 9.97 Å². The molecule has 4 aromatic rings. The molecule has 184 valence electrons. The van der Waals surface area contributed by atoms with Gasteiger partial charge in [-0.25, -0.2) is 8.42 Å². The van der Waals surface area contributed by atoms with Gasteiger partial charge in [0.25, 0.3) is 0 Å². The van der Waals surface area contributed by atoms with Crippen LogP contribution in [0.2, 0.25) is 0 Å². The van der Waals surface area contributed by atoms with Gasteiger partial charge in [-0.1, -0.05) is 60.7 Å². The molecule has 0 aliphatic carbocycles. The summed E-state index contributed by atoms with van der Waals surface area (Å²) in [6.45, 7) is 1.85. The average molecular weight is 501 g/mol. The lowest BCUT2D eigenvalue weighted by Crippen LogP contribution is -2.15. The van der Waals surface area contributed by atoms with Gasteiger partial charge in [-0.2, -0.15) is 15.1 Å². The first-order valence-corrected chi connectivity index (χ1v) is 13.2. The minimum absolute atomic E-state index is 0.265. The molecule has 0 amide bonds. The van der Waals surface area contributed by atoms with Gasteiger partial charge in [-0.15, -0.1) is 0 Å². The third-order valence-electron chi connectivity index (χ3n) is 5.44. The molecule has 36 heavy (non-hydrogen) atoms. The van der Waals surface area contributed by atoms with Crippen LogP contribution in [0.5, 0.6) is 0 Å². The first-order valence-electron chi connectivity index (χ1n) is 11.3. The van der Waals surface area contributed by atoms with Gasteiger partial charge in [0.2, 0.25) is 5.95 Å². The number of sulfone groups is 1. The molecular weight excluding hydrogens is 472 g/mol. The van der Waals surface area contributed by atoms with Gasteiger partial charge in [-0.05, 0) is 42.3 Å². The smallest absolute Gasteiger partial charge is 0.231 e. The molecule has 0 unspecified atom stereocenters. The topological polar surface area (TPSA) is 99.6 Å². The Balaban J connectivity index is 1.76. The van der Waals surface area contributed by atoms with E-state index in [-0.39, 0.29) is 4.90 Å². The normalized spacial score (nSPS) is 11.7. The number of nitrogens with zero attached hydrogens (tertiary/aromatic N) is 4. The van der Waals surface area contributed by atoms with E-state index >= 15 is 0 Å². The Bertz CT molecular complexity index is 1470. The summed E-state index contributed by atoms with van der Waals surface area (Å²) in [5.41, 5.74) is 7.22. The molecule has 0 atom stereocenters. The van der Waals surface area contributed by atoms with E-state index < -0.39 is 9.84 Å². The maximum absolute atomic E-state index is 11.8. The summed E-state index contributed by atoms with van der Waals surface area (Å²) in [5.74, 6) is 1.69. The second-order valence-electron chi connectivity index (χ2n) is 8.45. The van der Waals surface area contributed by atoms with E-state index in [9.17, 15) is 8.42 Å². The molecule has 0 radical (unpaired) electrons. The summed E-state index contributed by atoms with van der Waals surface area (Å²) in [4.78, 5) is 11.7. The molecule has 0 bridgehead atoms. The van der Waals surface area contributed by atoms with Crippen LogP contribution in [-0.2, 0) is 9.84 Å². The Kier molecular flexibility index (Phi) is 7.30. The number of hydrogen-bond acceptors (Lipinski definition) is 8. The van der Waals surface area contributed by atoms with Crippen LogP contribution in [0.25, 0.3) is 11.1 Å². The minimum Gasteiger partial charge on any atom is -0.362 e. The molecule has 1 heterocycles. The number of benzene rings is 3. The highest BCUT2D eigenvalue weighted by Gasteiger charge is 2.18. The molecule has 0 aliphatic rings. The number of nitrogens with one attached hydrogen (secondary N) is 2. The Hall–Kier alpha value is -4.24. The SMILES string of the molecule is CC(=NNc1nc(Nc2ccccc2)nc(N(C)C)c1-c1ccccc1)c1ccc(S(C)(=O)=O)cc1. The van der Waals surface area contributed by atoms with Gasteiger partial charge in [0.1, 0.15) is 5.82 Å². The van der Waals surface area contributed by atoms with Crippen LogP contribution in [0, 0.1) is 0 Å². The van der Waals surface area contributed by atoms with Crippen LogP contribution in [0.15, 0.2) is 94.9 Å². The van der Waals surface area contributed by atoms with E-state index in [1.807, 2.05) is 86.6 Å². The van der Waals surface area contributed by atoms with Crippen molar-refractivity contribution in [3.8, 4) is 11.1 Å². The summed E-state index contributed by atoms with van der Waals surface area (Å²) < 4.78 is 23.6. The second kappa shape index (κ2) is 10.6. The third kappa shape index (κ3) is 5.87. The zero-order valence-corrected chi connectivity index (χ0v) is 21.4. The quantitative estimate of drug-likeness (QED) is 0.254. The van der Waals surface area contributed by atoms with Crippen molar-refractivity contribution < 1.29 is 8.42 Å². The van der Waals surface area contributed by atoms with E-state index in [4.69, 9.17) is 9.97 Å². The lowest BCUT2D eigenvalue weighted by atomic mass is 10.1. The maximum Gasteiger partial charge on any atom is 0.231 e. The van der Waals surface area contributed by atoms with Gasteiger partial charge in [0, 0.05) is 26.0 Å². The van der Waals surface area contributed by atoms with E-state index in [1.165, 1.54) is 6.26 Å². The monoisotopic (exact) mass is 500 g/mol. The van der Waals surface area contributed by atoms with E-state index in [2.05, 4.69) is 15.8 Å². The predicted octanol–water partition coefficient (Wildman–Crippen LogP) is 5.19. The van der Waals surface area contributed by atoms with Gasteiger partial charge in [0.05, 0.1) is 16.2 Å². The standard InChI is InChI=1S/C27H28N6O2S/c1-19(20-15-17-23(18-16-20)36(4,34)35)31-32-25-24(21-11-7-5-8-12-21)26(33(2)3)30-27(29-25)28-22-13-9-6-10-14-22/h5-18H,1-4H3,(H2,28,29,30,32). The fourth-order valence-corrected chi connectivity index (χ4v) is 4.21. The van der Waals surface area contributed by atoms with Crippen LogP contribution in [0.1, 0.15) is 12.5 Å². The molecule has 8 nitrogen and oxygen atoms in total. The van der Waals surface area contributed by atoms with Crippen molar-refractivity contribution in [2.75, 3.05) is 36.0 Å². The van der Waals surface area contributed by atoms with Gasteiger partial charge < -0.3 is 10.2 Å². The fraction of sp³-hybridized carbons (Fsp3) is 0.148. The Labute approximate surface area is 211 Å². The zero-order chi connectivity index (χ0) is 25.7. The number of aromatic nitrogens is 2. The van der Waals surface area contributed by atoms with E-state index in [0.717, 1.165) is 28.2 Å². The first kappa shape index (κ1) is 24.9. The van der Waals surface area contributed by atoms with Crippen molar-refractivity contribution in [2.24, 2.45) is 5.10 Å². The maximum atomic E-state index is 11.8. The predicted molar refractivity (Wildman–Crippen MR) is 147 cm³/mol. The molecule has 3 aromatic carbocycles. The van der Waals surface area contributed by atoms with Crippen LogP contribution < -0.4 is 15.6 Å². The zero-order valence-electron chi connectivity index (χ0n) is 20.6. The third-order valence-corrected chi connectivity index (χ3v) is 6.56. The Morgan fingerprint density at radius 1 is 0.861 bits per heavy atom. The highest BCUT2D eigenvalue weighted by Crippen LogP contribution is 2.35. The van der Waals surface area contributed by atoms with Crippen LogP contribution in [0.3, 0.4) is 0 Å². The van der Waals surface area contributed by atoms with Gasteiger partial charge >= 0.3 is 0 Å². The van der Waals surface area contributed by atoms with Crippen molar-refractivity contribution in [3.05, 3.63) is 90.5 Å². The highest BCUT2D eigenvalue weighted by molar-refractivity contribution is 7.90. The Morgan fingerprint density at radius 3 is 2.06 bits per heavy atom. The number of anilines is 4. The number of hydrogen-bond donors (Lipinski definition) is 2.